The predicted octanol–water partition coefficient (Wildman–Crippen LogP) is 5.22. The molecule has 1 fully saturated rings. The number of imidazole rings is 1. The van der Waals surface area contributed by atoms with Gasteiger partial charge in [0.15, 0.2) is 21.0 Å². The summed E-state index contributed by atoms with van der Waals surface area (Å²) in [4.78, 5) is 6.48. The first-order valence-electron chi connectivity index (χ1n) is 12.5. The number of nitrogens with zero attached hydrogens (tertiary/aromatic N) is 5. The van der Waals surface area contributed by atoms with Crippen LogP contribution in [-0.4, -0.2) is 69.0 Å². The van der Waals surface area contributed by atoms with Crippen LogP contribution >= 0.6 is 22.9 Å². The van der Waals surface area contributed by atoms with Crippen molar-refractivity contribution in [1.29, 1.82) is 4.78 Å². The quantitative estimate of drug-likeness (QED) is 0.242. The van der Waals surface area contributed by atoms with Gasteiger partial charge in [0.1, 0.15) is 0 Å². The van der Waals surface area contributed by atoms with Crippen molar-refractivity contribution in [1.82, 2.24) is 29.2 Å². The number of alkyl halides is 2. The molecular formula is C25H28ClF2N7O3S3. The summed E-state index contributed by atoms with van der Waals surface area (Å²) in [5, 5.41) is 6.93. The van der Waals surface area contributed by atoms with Crippen molar-refractivity contribution < 1.29 is 21.4 Å². The third-order valence-electron chi connectivity index (χ3n) is 6.87. The van der Waals surface area contributed by atoms with E-state index in [-0.39, 0.29) is 26.6 Å². The van der Waals surface area contributed by atoms with E-state index in [0.717, 1.165) is 0 Å². The SMILES string of the molecule is Cc1cc(S(=N)(=O)CCN(C)C)ccc1-c1cc(S(=O)(=O)NC2(C)CC2)cn2c(-c3nnc(C(F)F)s3)nc(Cl)c12. The highest BCUT2D eigenvalue weighted by Gasteiger charge is 2.41. The van der Waals surface area contributed by atoms with E-state index in [1.165, 1.54) is 16.7 Å². The number of hydrogen-bond acceptors (Lipinski definition) is 9. The standard InChI is InChI=1S/C25H28ClF2N7O3S3/c1-14-11-15(40(29,36)10-9-34(3)4)5-6-17(14)18-12-16(41(37,38)33-25(2)7-8-25)13-35-19(18)20(26)30-22(35)24-32-31-23(39-24)21(27)28/h5-6,11-13,21,29,33H,7-10H2,1-4H3. The minimum Gasteiger partial charge on any atom is -0.308 e. The van der Waals surface area contributed by atoms with Crippen LogP contribution in [-0.2, 0) is 19.8 Å². The molecule has 1 unspecified atom stereocenters. The molecule has 220 valence electrons. The third-order valence-corrected chi connectivity index (χ3v) is 11.4. The molecule has 4 aromatic rings. The van der Waals surface area contributed by atoms with Crippen molar-refractivity contribution in [2.45, 2.75) is 48.4 Å². The smallest absolute Gasteiger partial charge is 0.291 e. The first-order valence-corrected chi connectivity index (χ1v) is 16.9. The molecule has 1 saturated carbocycles. The van der Waals surface area contributed by atoms with Crippen LogP contribution in [0.2, 0.25) is 5.15 Å². The summed E-state index contributed by atoms with van der Waals surface area (Å²) in [6.45, 7) is 4.06. The molecule has 3 heterocycles. The Balaban J connectivity index is 1.71. The highest BCUT2D eigenvalue weighted by molar-refractivity contribution is 7.92. The Morgan fingerprint density at radius 1 is 1.17 bits per heavy atom. The van der Waals surface area contributed by atoms with Crippen LogP contribution in [0.25, 0.3) is 27.5 Å². The molecule has 41 heavy (non-hydrogen) atoms. The first-order chi connectivity index (χ1) is 19.1. The van der Waals surface area contributed by atoms with Crippen molar-refractivity contribution >= 4 is 48.2 Å². The Morgan fingerprint density at radius 2 is 1.88 bits per heavy atom. The summed E-state index contributed by atoms with van der Waals surface area (Å²) in [7, 11) is -3.40. The fourth-order valence-corrected chi connectivity index (χ4v) is 8.27. The van der Waals surface area contributed by atoms with Gasteiger partial charge in [-0.2, -0.15) is 0 Å². The zero-order chi connectivity index (χ0) is 29.9. The van der Waals surface area contributed by atoms with E-state index in [2.05, 4.69) is 19.9 Å². The number of pyridine rings is 1. The normalized spacial score (nSPS) is 16.5. The van der Waals surface area contributed by atoms with E-state index in [0.29, 0.717) is 57.8 Å². The molecule has 0 saturated heterocycles. The van der Waals surface area contributed by atoms with Crippen molar-refractivity contribution in [2.24, 2.45) is 0 Å². The van der Waals surface area contributed by atoms with Gasteiger partial charge in [-0.3, -0.25) is 4.40 Å². The van der Waals surface area contributed by atoms with Crippen LogP contribution in [0.3, 0.4) is 0 Å². The zero-order valence-electron chi connectivity index (χ0n) is 22.6. The Bertz CT molecular complexity index is 1870. The molecule has 2 N–H and O–H groups in total. The summed E-state index contributed by atoms with van der Waals surface area (Å²) in [5.74, 6) is 0.221. The lowest BCUT2D eigenvalue weighted by molar-refractivity contribution is 0.150. The van der Waals surface area contributed by atoms with Gasteiger partial charge in [0.25, 0.3) is 6.43 Å². The molecule has 0 radical (unpaired) electrons. The Labute approximate surface area is 245 Å². The van der Waals surface area contributed by atoms with E-state index >= 15 is 0 Å². The fraction of sp³-hybridized carbons (Fsp3) is 0.400. The number of benzene rings is 1. The highest BCUT2D eigenvalue weighted by Crippen LogP contribution is 2.40. The summed E-state index contributed by atoms with van der Waals surface area (Å²) in [6, 6.07) is 6.42. The molecule has 3 aromatic heterocycles. The fourth-order valence-electron chi connectivity index (χ4n) is 4.31. The molecule has 0 amide bonds. The number of aryl methyl sites for hydroxylation is 1. The number of fused-ring (bicyclic) bond motifs is 1. The van der Waals surface area contributed by atoms with Gasteiger partial charge in [-0.05, 0) is 70.1 Å². The van der Waals surface area contributed by atoms with Gasteiger partial charge in [-0.15, -0.1) is 10.2 Å². The minimum atomic E-state index is -4.01. The number of nitrogens with one attached hydrogen (secondary N) is 2. The second kappa shape index (κ2) is 10.6. The second-order valence-corrected chi connectivity index (χ2v) is 15.9. The maximum Gasteiger partial charge on any atom is 0.291 e. The van der Waals surface area contributed by atoms with E-state index < -0.39 is 36.7 Å². The van der Waals surface area contributed by atoms with E-state index in [1.54, 1.807) is 25.1 Å². The molecule has 10 nitrogen and oxygen atoms in total. The second-order valence-electron chi connectivity index (χ2n) is 10.6. The molecule has 16 heteroatoms. The van der Waals surface area contributed by atoms with Crippen molar-refractivity contribution in [3.8, 4) is 22.0 Å². The average Bonchev–Trinajstić information content (AvgIpc) is 3.26. The van der Waals surface area contributed by atoms with Gasteiger partial charge in [-0.1, -0.05) is 29.0 Å². The topological polar surface area (TPSA) is 133 Å². The van der Waals surface area contributed by atoms with Crippen molar-refractivity contribution in [2.75, 3.05) is 26.4 Å². The summed E-state index contributed by atoms with van der Waals surface area (Å²) >= 11 is 7.23. The maximum atomic E-state index is 13.5. The number of hydrogen-bond donors (Lipinski definition) is 2. The van der Waals surface area contributed by atoms with Crippen molar-refractivity contribution in [3.05, 3.63) is 46.2 Å². The van der Waals surface area contributed by atoms with Crippen LogP contribution in [0, 0.1) is 11.7 Å². The molecule has 0 aliphatic heterocycles. The molecule has 1 aliphatic rings. The lowest BCUT2D eigenvalue weighted by Gasteiger charge is -2.17. The number of sulfonamides is 1. The van der Waals surface area contributed by atoms with Gasteiger partial charge < -0.3 is 4.90 Å². The van der Waals surface area contributed by atoms with E-state index in [4.69, 9.17) is 16.4 Å². The Morgan fingerprint density at radius 3 is 2.46 bits per heavy atom. The van der Waals surface area contributed by atoms with Crippen LogP contribution in [0.1, 0.15) is 36.8 Å². The van der Waals surface area contributed by atoms with E-state index in [1.807, 2.05) is 25.9 Å². The Kier molecular flexibility index (Phi) is 7.74. The van der Waals surface area contributed by atoms with Gasteiger partial charge in [0, 0.05) is 34.5 Å². The molecule has 1 aromatic carbocycles. The highest BCUT2D eigenvalue weighted by atomic mass is 35.5. The molecule has 5 rings (SSSR count). The summed E-state index contributed by atoms with van der Waals surface area (Å²) in [5.41, 5.74) is 1.41. The monoisotopic (exact) mass is 643 g/mol. The van der Waals surface area contributed by atoms with Gasteiger partial charge >= 0.3 is 0 Å². The maximum absolute atomic E-state index is 13.5. The van der Waals surface area contributed by atoms with E-state index in [9.17, 15) is 21.4 Å². The lowest BCUT2D eigenvalue weighted by atomic mass is 10.0. The van der Waals surface area contributed by atoms with Crippen LogP contribution in [0.4, 0.5) is 8.78 Å². The number of halogens is 3. The van der Waals surface area contributed by atoms with Gasteiger partial charge in [0.05, 0.1) is 20.1 Å². The average molecular weight is 644 g/mol. The third kappa shape index (κ3) is 6.01. The zero-order valence-corrected chi connectivity index (χ0v) is 25.8. The van der Waals surface area contributed by atoms with Gasteiger partial charge in [0.2, 0.25) is 10.0 Å². The number of rotatable bonds is 10. The predicted molar refractivity (Wildman–Crippen MR) is 155 cm³/mol. The summed E-state index contributed by atoms with van der Waals surface area (Å²) in [6.07, 6.45) is -0.0904. The summed E-state index contributed by atoms with van der Waals surface area (Å²) < 4.78 is 79.3. The first kappa shape index (κ1) is 29.9. The molecular weight excluding hydrogens is 616 g/mol. The largest absolute Gasteiger partial charge is 0.308 e. The lowest BCUT2D eigenvalue weighted by Crippen LogP contribution is -2.34. The molecule has 1 atom stereocenters. The van der Waals surface area contributed by atoms with Gasteiger partial charge in [-0.25, -0.2) is 35.9 Å². The molecule has 0 spiro atoms. The van der Waals surface area contributed by atoms with Crippen LogP contribution in [0.5, 0.6) is 0 Å². The number of aromatic nitrogens is 4. The molecule has 0 bridgehead atoms. The Hall–Kier alpha value is -2.56. The van der Waals surface area contributed by atoms with Crippen LogP contribution < -0.4 is 4.72 Å². The van der Waals surface area contributed by atoms with Crippen molar-refractivity contribution in [3.63, 3.8) is 0 Å². The molecule has 1 aliphatic carbocycles. The van der Waals surface area contributed by atoms with Crippen LogP contribution in [0.15, 0.2) is 40.3 Å². The minimum absolute atomic E-state index is 0.00797.